The maximum Gasteiger partial charge on any atom is 0.340 e. The van der Waals surface area contributed by atoms with Crippen molar-refractivity contribution in [1.29, 1.82) is 0 Å². The fourth-order valence-electron chi connectivity index (χ4n) is 1.77. The highest BCUT2D eigenvalue weighted by Gasteiger charge is 2.14. The highest BCUT2D eigenvalue weighted by Crippen LogP contribution is 2.28. The molecule has 0 atom stereocenters. The van der Waals surface area contributed by atoms with Gasteiger partial charge in [0.15, 0.2) is 0 Å². The summed E-state index contributed by atoms with van der Waals surface area (Å²) in [6.07, 6.45) is 0. The van der Waals surface area contributed by atoms with Crippen molar-refractivity contribution in [3.8, 4) is 0 Å². The summed E-state index contributed by atoms with van der Waals surface area (Å²) < 4.78 is 5.02. The summed E-state index contributed by atoms with van der Waals surface area (Å²) in [5.74, 6) is -0.406. The number of ether oxygens (including phenoxy) is 1. The maximum absolute atomic E-state index is 11.9. The van der Waals surface area contributed by atoms with E-state index in [1.807, 2.05) is 12.1 Å². The van der Waals surface area contributed by atoms with Gasteiger partial charge in [-0.05, 0) is 43.3 Å². The molecule has 4 nitrogen and oxygen atoms in total. The summed E-state index contributed by atoms with van der Waals surface area (Å²) in [5.41, 5.74) is 8.14. The second kappa shape index (κ2) is 6.30. The highest BCUT2D eigenvalue weighted by molar-refractivity contribution is 6.30. The molecule has 2 rings (SSSR count). The van der Waals surface area contributed by atoms with Gasteiger partial charge in [-0.25, -0.2) is 4.79 Å². The fraction of sp³-hybridized carbons (Fsp3) is 0.133. The summed E-state index contributed by atoms with van der Waals surface area (Å²) in [4.78, 5) is 11.9. The van der Waals surface area contributed by atoms with E-state index >= 15 is 0 Å². The molecule has 0 spiro atoms. The number of hydrogen-bond donors (Lipinski definition) is 2. The molecule has 0 radical (unpaired) electrons. The molecule has 104 valence electrons. The van der Waals surface area contributed by atoms with Gasteiger partial charge in [-0.15, -0.1) is 0 Å². The topological polar surface area (TPSA) is 64.3 Å². The first-order valence-corrected chi connectivity index (χ1v) is 6.58. The summed E-state index contributed by atoms with van der Waals surface area (Å²) in [6.45, 7) is 2.07. The van der Waals surface area contributed by atoms with Crippen LogP contribution in [0.25, 0.3) is 0 Å². The summed E-state index contributed by atoms with van der Waals surface area (Å²) >= 11 is 5.84. The first-order chi connectivity index (χ1) is 9.61. The number of anilines is 3. The first kappa shape index (κ1) is 14.2. The van der Waals surface area contributed by atoms with Gasteiger partial charge in [0.2, 0.25) is 0 Å². The van der Waals surface area contributed by atoms with E-state index in [0.717, 1.165) is 5.69 Å². The number of nitrogens with one attached hydrogen (secondary N) is 1. The number of carbonyl (C=O) groups excluding carboxylic acids is 1. The van der Waals surface area contributed by atoms with Crippen LogP contribution in [0.3, 0.4) is 0 Å². The van der Waals surface area contributed by atoms with Gasteiger partial charge >= 0.3 is 5.97 Å². The number of hydrogen-bond acceptors (Lipinski definition) is 4. The third-order valence-electron chi connectivity index (χ3n) is 2.71. The Labute approximate surface area is 122 Å². The molecule has 0 saturated carbocycles. The molecular weight excluding hydrogens is 276 g/mol. The monoisotopic (exact) mass is 290 g/mol. The molecular formula is C15H15ClN2O2. The number of carbonyl (C=O) groups is 1. The second-order valence-electron chi connectivity index (χ2n) is 4.12. The Kier molecular flexibility index (Phi) is 4.48. The van der Waals surface area contributed by atoms with Crippen molar-refractivity contribution < 1.29 is 9.53 Å². The number of para-hydroxylation sites is 1. The van der Waals surface area contributed by atoms with Gasteiger partial charge < -0.3 is 15.8 Å². The van der Waals surface area contributed by atoms with Gasteiger partial charge in [0.1, 0.15) is 0 Å². The molecule has 0 heterocycles. The van der Waals surface area contributed by atoms with Gasteiger partial charge in [0, 0.05) is 10.7 Å². The molecule has 2 aromatic carbocycles. The lowest BCUT2D eigenvalue weighted by Gasteiger charge is -2.13. The zero-order valence-corrected chi connectivity index (χ0v) is 11.8. The van der Waals surface area contributed by atoms with E-state index in [0.29, 0.717) is 28.6 Å². The summed E-state index contributed by atoms with van der Waals surface area (Å²) in [5, 5.41) is 3.76. The van der Waals surface area contributed by atoms with Crippen LogP contribution in [-0.4, -0.2) is 12.6 Å². The van der Waals surface area contributed by atoms with Crippen molar-refractivity contribution in [3.63, 3.8) is 0 Å². The molecule has 0 aliphatic carbocycles. The van der Waals surface area contributed by atoms with E-state index in [4.69, 9.17) is 22.1 Å². The predicted molar refractivity (Wildman–Crippen MR) is 81.5 cm³/mol. The molecule has 0 saturated heterocycles. The molecule has 2 aromatic rings. The minimum atomic E-state index is -0.406. The molecule has 5 heteroatoms. The molecule has 0 aromatic heterocycles. The van der Waals surface area contributed by atoms with E-state index in [1.54, 1.807) is 37.3 Å². The van der Waals surface area contributed by atoms with Crippen LogP contribution in [0.15, 0.2) is 42.5 Å². The number of nitrogens with two attached hydrogens (primary N) is 1. The highest BCUT2D eigenvalue weighted by atomic mass is 35.5. The number of benzene rings is 2. The van der Waals surface area contributed by atoms with Gasteiger partial charge in [-0.3, -0.25) is 0 Å². The lowest BCUT2D eigenvalue weighted by Crippen LogP contribution is -2.09. The van der Waals surface area contributed by atoms with Crippen LogP contribution >= 0.6 is 11.6 Å². The van der Waals surface area contributed by atoms with Crippen LogP contribution in [0.4, 0.5) is 17.1 Å². The SMILES string of the molecule is CCOC(=O)c1cccc(N)c1Nc1ccc(Cl)cc1. The lowest BCUT2D eigenvalue weighted by atomic mass is 10.1. The van der Waals surface area contributed by atoms with Gasteiger partial charge in [-0.1, -0.05) is 17.7 Å². The normalized spacial score (nSPS) is 10.1. The lowest BCUT2D eigenvalue weighted by molar-refractivity contribution is 0.0527. The Hall–Kier alpha value is -2.20. The molecule has 0 unspecified atom stereocenters. The smallest absolute Gasteiger partial charge is 0.340 e. The molecule has 0 aliphatic heterocycles. The molecule has 0 fully saturated rings. The van der Waals surface area contributed by atoms with Crippen molar-refractivity contribution in [2.75, 3.05) is 17.7 Å². The third kappa shape index (κ3) is 3.22. The molecule has 0 bridgehead atoms. The van der Waals surface area contributed by atoms with Crippen LogP contribution in [0, 0.1) is 0 Å². The van der Waals surface area contributed by atoms with Crippen LogP contribution in [0.5, 0.6) is 0 Å². The minimum absolute atomic E-state index is 0.314. The van der Waals surface area contributed by atoms with Crippen LogP contribution in [-0.2, 0) is 4.74 Å². The van der Waals surface area contributed by atoms with E-state index in [1.165, 1.54) is 0 Å². The van der Waals surface area contributed by atoms with E-state index in [-0.39, 0.29) is 0 Å². The first-order valence-electron chi connectivity index (χ1n) is 6.20. The molecule has 0 aliphatic rings. The van der Waals surface area contributed by atoms with Gasteiger partial charge in [0.05, 0.1) is 23.5 Å². The van der Waals surface area contributed by atoms with Crippen LogP contribution in [0.2, 0.25) is 5.02 Å². The Morgan fingerprint density at radius 3 is 2.60 bits per heavy atom. The third-order valence-corrected chi connectivity index (χ3v) is 2.96. The van der Waals surface area contributed by atoms with Crippen molar-refractivity contribution in [1.82, 2.24) is 0 Å². The average molecular weight is 291 g/mol. The number of esters is 1. The van der Waals surface area contributed by atoms with Crippen molar-refractivity contribution in [2.45, 2.75) is 6.92 Å². The standard InChI is InChI=1S/C15H15ClN2O2/c1-2-20-15(19)12-4-3-5-13(17)14(12)18-11-8-6-10(16)7-9-11/h3-9,18H,2,17H2,1H3. The summed E-state index contributed by atoms with van der Waals surface area (Å²) in [6, 6.07) is 12.2. The van der Waals surface area contributed by atoms with Gasteiger partial charge in [-0.2, -0.15) is 0 Å². The van der Waals surface area contributed by atoms with E-state index < -0.39 is 5.97 Å². The van der Waals surface area contributed by atoms with E-state index in [9.17, 15) is 4.79 Å². The molecule has 3 N–H and O–H groups in total. The Bertz CT molecular complexity index is 612. The Balaban J connectivity index is 2.34. The van der Waals surface area contributed by atoms with Crippen LogP contribution < -0.4 is 11.1 Å². The Morgan fingerprint density at radius 2 is 1.95 bits per heavy atom. The second-order valence-corrected chi connectivity index (χ2v) is 4.56. The zero-order valence-electron chi connectivity index (χ0n) is 11.0. The predicted octanol–water partition coefficient (Wildman–Crippen LogP) is 3.84. The van der Waals surface area contributed by atoms with E-state index in [2.05, 4.69) is 5.32 Å². The minimum Gasteiger partial charge on any atom is -0.462 e. The van der Waals surface area contributed by atoms with Gasteiger partial charge in [0.25, 0.3) is 0 Å². The number of rotatable bonds is 4. The molecule has 20 heavy (non-hydrogen) atoms. The average Bonchev–Trinajstić information content (AvgIpc) is 2.43. The zero-order chi connectivity index (χ0) is 14.5. The molecule has 0 amide bonds. The largest absolute Gasteiger partial charge is 0.462 e. The quantitative estimate of drug-likeness (QED) is 0.663. The maximum atomic E-state index is 11.9. The van der Waals surface area contributed by atoms with Crippen molar-refractivity contribution in [2.24, 2.45) is 0 Å². The number of nitrogen functional groups attached to an aromatic ring is 1. The number of halogens is 1. The fourth-order valence-corrected chi connectivity index (χ4v) is 1.89. The van der Waals surface area contributed by atoms with Crippen molar-refractivity contribution in [3.05, 3.63) is 53.1 Å². The Morgan fingerprint density at radius 1 is 1.25 bits per heavy atom. The summed E-state index contributed by atoms with van der Waals surface area (Å²) in [7, 11) is 0. The van der Waals surface area contributed by atoms with Crippen LogP contribution in [0.1, 0.15) is 17.3 Å². The van der Waals surface area contributed by atoms with Crippen molar-refractivity contribution >= 4 is 34.6 Å².